The highest BCUT2D eigenvalue weighted by Gasteiger charge is 2.32. The van der Waals surface area contributed by atoms with E-state index < -0.39 is 0 Å². The number of rotatable bonds is 6. The fraction of sp³-hybridized carbons (Fsp3) is 0.333. The Morgan fingerprint density at radius 3 is 2.54 bits per heavy atom. The number of hydrogen-bond donors (Lipinski definition) is 2. The van der Waals surface area contributed by atoms with E-state index in [4.69, 9.17) is 23.2 Å². The van der Waals surface area contributed by atoms with Crippen molar-refractivity contribution in [1.29, 1.82) is 0 Å². The van der Waals surface area contributed by atoms with Gasteiger partial charge in [-0.05, 0) is 55.6 Å². The first-order valence-corrected chi connectivity index (χ1v) is 10.1. The van der Waals surface area contributed by atoms with Crippen molar-refractivity contribution < 1.29 is 9.59 Å². The predicted octanol–water partition coefficient (Wildman–Crippen LogP) is 4.60. The number of hydrogen-bond acceptors (Lipinski definition) is 3. The van der Waals surface area contributed by atoms with Crippen LogP contribution in [0.2, 0.25) is 10.0 Å². The van der Waals surface area contributed by atoms with Gasteiger partial charge in [-0.2, -0.15) is 0 Å². The molecule has 28 heavy (non-hydrogen) atoms. The van der Waals surface area contributed by atoms with E-state index in [2.05, 4.69) is 10.6 Å². The van der Waals surface area contributed by atoms with Crippen LogP contribution < -0.4 is 10.6 Å². The van der Waals surface area contributed by atoms with Gasteiger partial charge >= 0.3 is 0 Å². The molecule has 2 aromatic rings. The highest BCUT2D eigenvalue weighted by Crippen LogP contribution is 2.24. The quantitative estimate of drug-likeness (QED) is 0.718. The Labute approximate surface area is 175 Å². The maximum Gasteiger partial charge on any atom is 0.241 e. The molecule has 1 aliphatic rings. The zero-order chi connectivity index (χ0) is 20.1. The first-order chi connectivity index (χ1) is 13.5. The molecule has 5 nitrogen and oxygen atoms in total. The Balaban J connectivity index is 1.62. The molecular formula is C21H23Cl2N3O2. The SMILES string of the molecule is CCc1ccccc1NC(=O)CN1CCCC1C(=O)Nc1cc(Cl)cc(Cl)c1. The molecule has 0 saturated carbocycles. The van der Waals surface area contributed by atoms with Crippen LogP contribution in [0, 0.1) is 0 Å². The molecule has 1 saturated heterocycles. The number of likely N-dealkylation sites (tertiary alicyclic amines) is 1. The average molecular weight is 420 g/mol. The number of carbonyl (C=O) groups excluding carboxylic acids is 2. The van der Waals surface area contributed by atoms with E-state index in [0.717, 1.165) is 24.1 Å². The van der Waals surface area contributed by atoms with Gasteiger partial charge in [-0.1, -0.05) is 48.3 Å². The predicted molar refractivity (Wildman–Crippen MR) is 114 cm³/mol. The minimum Gasteiger partial charge on any atom is -0.325 e. The molecule has 148 valence electrons. The molecule has 1 aliphatic heterocycles. The highest BCUT2D eigenvalue weighted by atomic mass is 35.5. The number of amides is 2. The van der Waals surface area contributed by atoms with E-state index in [1.807, 2.05) is 36.1 Å². The third-order valence-corrected chi connectivity index (χ3v) is 5.25. The topological polar surface area (TPSA) is 61.4 Å². The molecule has 0 spiro atoms. The molecule has 1 heterocycles. The molecular weight excluding hydrogens is 397 g/mol. The smallest absolute Gasteiger partial charge is 0.241 e. The lowest BCUT2D eigenvalue weighted by Crippen LogP contribution is -2.43. The molecule has 1 unspecified atom stereocenters. The number of para-hydroxylation sites is 1. The van der Waals surface area contributed by atoms with Crippen molar-refractivity contribution in [3.8, 4) is 0 Å². The van der Waals surface area contributed by atoms with Gasteiger partial charge in [0.1, 0.15) is 0 Å². The Kier molecular flexibility index (Phi) is 6.94. The van der Waals surface area contributed by atoms with Gasteiger partial charge < -0.3 is 10.6 Å². The average Bonchev–Trinajstić information content (AvgIpc) is 3.09. The van der Waals surface area contributed by atoms with Crippen LogP contribution in [0.5, 0.6) is 0 Å². The fourth-order valence-electron chi connectivity index (χ4n) is 3.49. The fourth-order valence-corrected chi connectivity index (χ4v) is 4.01. The Hall–Kier alpha value is -2.08. The third-order valence-electron chi connectivity index (χ3n) is 4.82. The van der Waals surface area contributed by atoms with E-state index in [1.54, 1.807) is 18.2 Å². The summed E-state index contributed by atoms with van der Waals surface area (Å²) in [7, 11) is 0. The summed E-state index contributed by atoms with van der Waals surface area (Å²) in [5.74, 6) is -0.274. The summed E-state index contributed by atoms with van der Waals surface area (Å²) in [6.45, 7) is 2.93. The monoisotopic (exact) mass is 419 g/mol. The number of halogens is 2. The van der Waals surface area contributed by atoms with Gasteiger partial charge in [-0.25, -0.2) is 0 Å². The van der Waals surface area contributed by atoms with Crippen molar-refractivity contribution in [2.24, 2.45) is 0 Å². The zero-order valence-electron chi connectivity index (χ0n) is 15.7. The van der Waals surface area contributed by atoms with E-state index >= 15 is 0 Å². The van der Waals surface area contributed by atoms with Crippen LogP contribution in [0.1, 0.15) is 25.3 Å². The maximum atomic E-state index is 12.7. The van der Waals surface area contributed by atoms with Crippen LogP contribution in [-0.2, 0) is 16.0 Å². The van der Waals surface area contributed by atoms with E-state index in [0.29, 0.717) is 28.7 Å². The third kappa shape index (κ3) is 5.25. The van der Waals surface area contributed by atoms with E-state index in [9.17, 15) is 9.59 Å². The summed E-state index contributed by atoms with van der Waals surface area (Å²) >= 11 is 12.0. The molecule has 3 rings (SSSR count). The lowest BCUT2D eigenvalue weighted by atomic mass is 10.1. The second-order valence-corrected chi connectivity index (χ2v) is 7.71. The molecule has 7 heteroatoms. The first-order valence-electron chi connectivity index (χ1n) is 9.35. The van der Waals surface area contributed by atoms with Gasteiger partial charge in [0.05, 0.1) is 12.6 Å². The lowest BCUT2D eigenvalue weighted by Gasteiger charge is -2.23. The van der Waals surface area contributed by atoms with Crippen LogP contribution in [0.4, 0.5) is 11.4 Å². The van der Waals surface area contributed by atoms with Gasteiger partial charge in [-0.3, -0.25) is 14.5 Å². The van der Waals surface area contributed by atoms with Crippen LogP contribution in [0.3, 0.4) is 0 Å². The van der Waals surface area contributed by atoms with Crippen molar-refractivity contribution in [1.82, 2.24) is 4.90 Å². The molecule has 0 aliphatic carbocycles. The molecule has 1 atom stereocenters. The lowest BCUT2D eigenvalue weighted by molar-refractivity contribution is -0.122. The standard InChI is InChI=1S/C21H23Cl2N3O2/c1-2-14-6-3-4-7-18(14)25-20(27)13-26-9-5-8-19(26)21(28)24-17-11-15(22)10-16(23)12-17/h3-4,6-7,10-12,19H,2,5,8-9,13H2,1H3,(H,24,28)(H,25,27). The normalized spacial score (nSPS) is 16.8. The summed E-state index contributed by atoms with van der Waals surface area (Å²) in [5.41, 5.74) is 2.46. The molecule has 2 amide bonds. The number of carbonyl (C=O) groups is 2. The van der Waals surface area contributed by atoms with Gasteiger partial charge in [0.2, 0.25) is 11.8 Å². The van der Waals surface area contributed by atoms with Crippen molar-refractivity contribution in [3.05, 3.63) is 58.1 Å². The minimum absolute atomic E-state index is 0.119. The summed E-state index contributed by atoms with van der Waals surface area (Å²) < 4.78 is 0. The van der Waals surface area contributed by atoms with Crippen molar-refractivity contribution in [2.45, 2.75) is 32.2 Å². The minimum atomic E-state index is -0.357. The van der Waals surface area contributed by atoms with Crippen LogP contribution >= 0.6 is 23.2 Å². The molecule has 2 aromatic carbocycles. The van der Waals surface area contributed by atoms with Crippen LogP contribution in [0.15, 0.2) is 42.5 Å². The van der Waals surface area contributed by atoms with E-state index in [1.165, 1.54) is 0 Å². The molecule has 0 aromatic heterocycles. The second kappa shape index (κ2) is 9.41. The van der Waals surface area contributed by atoms with Crippen molar-refractivity contribution >= 4 is 46.4 Å². The number of nitrogens with zero attached hydrogens (tertiary/aromatic N) is 1. The number of benzene rings is 2. The maximum absolute atomic E-state index is 12.7. The Bertz CT molecular complexity index is 852. The van der Waals surface area contributed by atoms with Gasteiger partial charge in [0.25, 0.3) is 0 Å². The number of aryl methyl sites for hydroxylation is 1. The number of anilines is 2. The summed E-state index contributed by atoms with van der Waals surface area (Å²) in [6, 6.07) is 12.3. The largest absolute Gasteiger partial charge is 0.325 e. The second-order valence-electron chi connectivity index (χ2n) is 6.83. The summed E-state index contributed by atoms with van der Waals surface area (Å²) in [4.78, 5) is 27.2. The highest BCUT2D eigenvalue weighted by molar-refractivity contribution is 6.35. The van der Waals surface area contributed by atoms with Crippen LogP contribution in [-0.4, -0.2) is 35.8 Å². The van der Waals surface area contributed by atoms with Gasteiger partial charge in [0, 0.05) is 21.4 Å². The van der Waals surface area contributed by atoms with Crippen molar-refractivity contribution in [3.63, 3.8) is 0 Å². The van der Waals surface area contributed by atoms with Crippen LogP contribution in [0.25, 0.3) is 0 Å². The van der Waals surface area contributed by atoms with Crippen molar-refractivity contribution in [2.75, 3.05) is 23.7 Å². The molecule has 0 bridgehead atoms. The first kappa shape index (κ1) is 20.6. The summed E-state index contributed by atoms with van der Waals surface area (Å²) in [6.07, 6.45) is 2.42. The molecule has 2 N–H and O–H groups in total. The summed E-state index contributed by atoms with van der Waals surface area (Å²) in [5, 5.41) is 6.74. The van der Waals surface area contributed by atoms with Gasteiger partial charge in [0.15, 0.2) is 0 Å². The Morgan fingerprint density at radius 1 is 1.11 bits per heavy atom. The molecule has 0 radical (unpaired) electrons. The van der Waals surface area contributed by atoms with Gasteiger partial charge in [-0.15, -0.1) is 0 Å². The number of nitrogens with one attached hydrogen (secondary N) is 2. The van der Waals surface area contributed by atoms with E-state index in [-0.39, 0.29) is 24.4 Å². The molecule has 1 fully saturated rings. The Morgan fingerprint density at radius 2 is 1.82 bits per heavy atom. The zero-order valence-corrected chi connectivity index (χ0v) is 17.2.